The number of ketones is 1. The van der Waals surface area contributed by atoms with Crippen LogP contribution in [-0.4, -0.2) is 53.3 Å². The number of carbonyl (C=O) groups excluding carboxylic acids is 1. The van der Waals surface area contributed by atoms with E-state index in [9.17, 15) is 9.90 Å². The molecule has 4 saturated heterocycles. The first-order chi connectivity index (χ1) is 15.5. The van der Waals surface area contributed by atoms with E-state index in [4.69, 9.17) is 24.0 Å². The molecule has 1 spiro atoms. The maximum absolute atomic E-state index is 15.5. The van der Waals surface area contributed by atoms with Gasteiger partial charge in [-0.15, -0.1) is 0 Å². The van der Waals surface area contributed by atoms with Crippen molar-refractivity contribution in [3.8, 4) is 5.75 Å². The van der Waals surface area contributed by atoms with Gasteiger partial charge in [-0.25, -0.2) is 9.78 Å². The van der Waals surface area contributed by atoms with E-state index in [0.29, 0.717) is 18.6 Å². The van der Waals surface area contributed by atoms with Crippen LogP contribution in [0.2, 0.25) is 0 Å². The average molecular weight is 468 g/mol. The molecule has 1 aromatic rings. The zero-order valence-electron chi connectivity index (χ0n) is 19.2. The van der Waals surface area contributed by atoms with E-state index in [-0.39, 0.29) is 17.4 Å². The molecule has 8 atom stereocenters. The van der Waals surface area contributed by atoms with Crippen LogP contribution in [0.1, 0.15) is 56.8 Å². The molecule has 6 rings (SSSR count). The highest BCUT2D eigenvalue weighted by atomic mass is 19.3. The molecule has 1 aliphatic carbocycles. The van der Waals surface area contributed by atoms with Gasteiger partial charge in [0.1, 0.15) is 11.4 Å². The highest BCUT2D eigenvalue weighted by Crippen LogP contribution is 2.64. The summed E-state index contributed by atoms with van der Waals surface area (Å²) < 4.78 is 48.3. The van der Waals surface area contributed by atoms with Gasteiger partial charge in [0.2, 0.25) is 11.6 Å². The van der Waals surface area contributed by atoms with E-state index in [1.165, 1.54) is 38.3 Å². The molecule has 4 heterocycles. The van der Waals surface area contributed by atoms with Crippen molar-refractivity contribution in [3.63, 3.8) is 0 Å². The highest BCUT2D eigenvalue weighted by molar-refractivity contribution is 6.02. The quantitative estimate of drug-likeness (QED) is 0.519. The van der Waals surface area contributed by atoms with Gasteiger partial charge in [0.05, 0.1) is 7.11 Å². The fraction of sp³-hybridized carbons (Fsp3) is 0.708. The molecule has 1 unspecified atom stereocenters. The van der Waals surface area contributed by atoms with Crippen LogP contribution < -0.4 is 4.74 Å². The number of hydrogen-bond donors (Lipinski definition) is 1. The molecule has 0 aromatic heterocycles. The fourth-order valence-electron chi connectivity index (χ4n) is 6.42. The summed E-state index contributed by atoms with van der Waals surface area (Å²) in [6, 6.07) is 5.35. The number of carbonyl (C=O) groups is 1. The summed E-state index contributed by atoms with van der Waals surface area (Å²) in [6.07, 6.45) is -0.865. The molecule has 7 nitrogen and oxygen atoms in total. The number of alkyl halides is 2. The number of aliphatic hydroxyl groups is 1. The van der Waals surface area contributed by atoms with Crippen molar-refractivity contribution in [2.45, 2.75) is 81.8 Å². The van der Waals surface area contributed by atoms with E-state index in [0.717, 1.165) is 12.8 Å². The predicted molar refractivity (Wildman–Crippen MR) is 111 cm³/mol. The topological polar surface area (TPSA) is 83.5 Å². The number of benzene rings is 1. The van der Waals surface area contributed by atoms with Crippen LogP contribution in [0.4, 0.5) is 8.78 Å². The lowest BCUT2D eigenvalue weighted by atomic mass is 9.58. The minimum Gasteiger partial charge on any atom is -0.497 e. The summed E-state index contributed by atoms with van der Waals surface area (Å²) in [4.78, 5) is 24.4. The highest BCUT2D eigenvalue weighted by Gasteiger charge is 2.77. The van der Waals surface area contributed by atoms with Gasteiger partial charge in [0.25, 0.3) is 0 Å². The lowest BCUT2D eigenvalue weighted by Gasteiger charge is -2.51. The van der Waals surface area contributed by atoms with Crippen LogP contribution in [0.5, 0.6) is 5.75 Å². The first-order valence-corrected chi connectivity index (χ1v) is 11.4. The number of halogens is 2. The Kier molecular flexibility index (Phi) is 5.20. The molecule has 4 aliphatic heterocycles. The molecule has 182 valence electrons. The minimum atomic E-state index is -4.11. The summed E-state index contributed by atoms with van der Waals surface area (Å²) in [7, 11) is 1.44. The molecule has 2 bridgehead atoms. The molecule has 0 amide bonds. The number of fused-ring (bicyclic) bond motifs is 2. The van der Waals surface area contributed by atoms with Gasteiger partial charge in [-0.2, -0.15) is 8.78 Å². The van der Waals surface area contributed by atoms with Crippen molar-refractivity contribution < 1.29 is 42.7 Å². The van der Waals surface area contributed by atoms with E-state index in [2.05, 4.69) is 6.92 Å². The van der Waals surface area contributed by atoms with Gasteiger partial charge in [-0.05, 0) is 69.2 Å². The summed E-state index contributed by atoms with van der Waals surface area (Å²) in [6.45, 7) is 5.26. The lowest BCUT2D eigenvalue weighted by molar-refractivity contribution is -0.541. The van der Waals surface area contributed by atoms with Crippen LogP contribution >= 0.6 is 0 Å². The van der Waals surface area contributed by atoms with Crippen LogP contribution in [-0.2, 0) is 19.2 Å². The summed E-state index contributed by atoms with van der Waals surface area (Å²) in [5.74, 6) is -6.68. The number of Topliss-reactive ketones (excluding diaryl/α,β-unsaturated/α-hetero) is 1. The van der Waals surface area contributed by atoms with Gasteiger partial charge in [-0.3, -0.25) is 4.79 Å². The molecular formula is C24H30F2O7. The summed E-state index contributed by atoms with van der Waals surface area (Å²) in [5.41, 5.74) is -3.14. The number of aliphatic hydroxyl groups excluding tert-OH is 1. The van der Waals surface area contributed by atoms with Crippen molar-refractivity contribution in [1.82, 2.24) is 0 Å². The maximum atomic E-state index is 15.5. The first kappa shape index (κ1) is 23.1. The molecular weight excluding hydrogens is 438 g/mol. The Morgan fingerprint density at radius 1 is 1.15 bits per heavy atom. The fourth-order valence-corrected chi connectivity index (χ4v) is 6.42. The van der Waals surface area contributed by atoms with E-state index >= 15 is 8.78 Å². The third kappa shape index (κ3) is 3.13. The second-order valence-corrected chi connectivity index (χ2v) is 10.2. The van der Waals surface area contributed by atoms with Crippen LogP contribution in [0.15, 0.2) is 24.3 Å². The summed E-state index contributed by atoms with van der Waals surface area (Å²) >= 11 is 0. The lowest BCUT2D eigenvalue weighted by Crippen LogP contribution is -2.64. The maximum Gasteiger partial charge on any atom is 0.337 e. The second-order valence-electron chi connectivity index (χ2n) is 10.2. The van der Waals surface area contributed by atoms with E-state index < -0.39 is 47.0 Å². The monoisotopic (exact) mass is 468 g/mol. The molecule has 1 saturated carbocycles. The van der Waals surface area contributed by atoms with Crippen molar-refractivity contribution in [3.05, 3.63) is 29.8 Å². The SMILES string of the molecule is COc1ccc(C(=O)C(F)(F)C(O)[C@@]2(C)O[C@@H]3O[C@@]4(C)CC[C@H]5[C@H](C)CC[C@@H]2[C@@]35OO4)cc1. The standard InChI is InChI=1S/C24H30F2O7/c1-13-5-10-17-22(3,31-20-23(17)16(13)11-12-21(2,30-20)32-33-23)19(28)24(25,26)18(27)14-6-8-15(29-4)9-7-14/h6-9,13,16-17,19-20,28H,5,10-12H2,1-4H3/t13-,16+,17+,19?,20+,21-,22+,23-/m1/s1. The normalized spacial score (nSPS) is 43.0. The van der Waals surface area contributed by atoms with Crippen molar-refractivity contribution in [2.24, 2.45) is 17.8 Å². The van der Waals surface area contributed by atoms with E-state index in [1.807, 2.05) is 0 Å². The van der Waals surface area contributed by atoms with Gasteiger partial charge >= 0.3 is 5.92 Å². The second kappa shape index (κ2) is 7.42. The molecule has 1 N–H and O–H groups in total. The molecule has 5 fully saturated rings. The molecule has 9 heteroatoms. The largest absolute Gasteiger partial charge is 0.497 e. The van der Waals surface area contributed by atoms with Gasteiger partial charge in [0.15, 0.2) is 18.0 Å². The average Bonchev–Trinajstić information content (AvgIpc) is 2.88. The van der Waals surface area contributed by atoms with Crippen molar-refractivity contribution in [1.29, 1.82) is 0 Å². The molecule has 1 aromatic carbocycles. The Labute approximate surface area is 191 Å². The Hall–Kier alpha value is -1.65. The van der Waals surface area contributed by atoms with Crippen molar-refractivity contribution in [2.75, 3.05) is 7.11 Å². The Morgan fingerprint density at radius 3 is 2.52 bits per heavy atom. The number of rotatable bonds is 5. The van der Waals surface area contributed by atoms with Crippen molar-refractivity contribution >= 4 is 5.78 Å². The predicted octanol–water partition coefficient (Wildman–Crippen LogP) is 3.88. The van der Waals surface area contributed by atoms with Crippen LogP contribution in [0.25, 0.3) is 0 Å². The minimum absolute atomic E-state index is 0.0505. The van der Waals surface area contributed by atoms with Gasteiger partial charge in [0, 0.05) is 17.9 Å². The van der Waals surface area contributed by atoms with Crippen LogP contribution in [0, 0.1) is 17.8 Å². The van der Waals surface area contributed by atoms with E-state index in [1.54, 1.807) is 6.92 Å². The Balaban J connectivity index is 1.50. The zero-order chi connectivity index (χ0) is 23.8. The van der Waals surface area contributed by atoms with Gasteiger partial charge < -0.3 is 19.3 Å². The summed E-state index contributed by atoms with van der Waals surface area (Å²) in [5, 5.41) is 11.1. The Bertz CT molecular complexity index is 939. The smallest absolute Gasteiger partial charge is 0.337 e. The third-order valence-electron chi connectivity index (χ3n) is 8.31. The molecule has 5 aliphatic rings. The molecule has 33 heavy (non-hydrogen) atoms. The first-order valence-electron chi connectivity index (χ1n) is 11.4. The number of methoxy groups -OCH3 is 1. The van der Waals surface area contributed by atoms with Crippen LogP contribution in [0.3, 0.4) is 0 Å². The Morgan fingerprint density at radius 2 is 1.85 bits per heavy atom. The number of hydrogen-bond acceptors (Lipinski definition) is 7. The number of ether oxygens (including phenoxy) is 3. The third-order valence-corrected chi connectivity index (χ3v) is 8.31. The van der Waals surface area contributed by atoms with Gasteiger partial charge in [-0.1, -0.05) is 6.92 Å². The molecule has 0 radical (unpaired) electrons. The zero-order valence-corrected chi connectivity index (χ0v) is 19.2.